The monoisotopic (exact) mass is 239 g/mol. The molecule has 1 aromatic heterocycles. The van der Waals surface area contributed by atoms with Gasteiger partial charge in [0.25, 0.3) is 0 Å². The molecule has 0 bridgehead atoms. The molecule has 94 valence electrons. The Morgan fingerprint density at radius 1 is 1.71 bits per heavy atom. The molecule has 0 atom stereocenters. The fourth-order valence-electron chi connectivity index (χ4n) is 1.60. The zero-order valence-corrected chi connectivity index (χ0v) is 10.2. The van der Waals surface area contributed by atoms with E-state index in [-0.39, 0.29) is 5.82 Å². The molecule has 0 fully saturated rings. The van der Waals surface area contributed by atoms with Crippen LogP contribution in [0.3, 0.4) is 0 Å². The molecule has 0 spiro atoms. The smallest absolute Gasteiger partial charge is 0.345 e. The van der Waals surface area contributed by atoms with Gasteiger partial charge < -0.3 is 14.9 Å². The van der Waals surface area contributed by atoms with Gasteiger partial charge in [0, 0.05) is 6.42 Å². The van der Waals surface area contributed by atoms with Crippen molar-refractivity contribution < 1.29 is 9.66 Å². The number of ether oxygens (including phenoxy) is 1. The van der Waals surface area contributed by atoms with Crippen molar-refractivity contribution >= 4 is 5.82 Å². The Hall–Kier alpha value is -1.85. The number of aromatic nitrogens is 2. The Kier molecular flexibility index (Phi) is 4.68. The fourth-order valence-corrected chi connectivity index (χ4v) is 1.60. The van der Waals surface area contributed by atoms with Gasteiger partial charge in [0.05, 0.1) is 18.9 Å². The highest BCUT2D eigenvalue weighted by molar-refractivity contribution is 5.26. The van der Waals surface area contributed by atoms with Crippen LogP contribution in [-0.2, 0) is 11.3 Å². The number of allylic oxidation sites excluding steroid dienone is 1. The molecule has 6 heteroatoms. The third-order valence-corrected chi connectivity index (χ3v) is 2.36. The second kappa shape index (κ2) is 6.03. The maximum atomic E-state index is 10.8. The number of imidazole rings is 1. The Morgan fingerprint density at radius 2 is 2.41 bits per heavy atom. The molecule has 1 rings (SSSR count). The SMILES string of the molecule is C=C(CCCn1cnc(C)c1[N+](=O)[O-])OCC. The van der Waals surface area contributed by atoms with Crippen LogP contribution in [0.5, 0.6) is 0 Å². The lowest BCUT2D eigenvalue weighted by molar-refractivity contribution is -0.392. The number of hydrogen-bond donors (Lipinski definition) is 0. The first-order valence-corrected chi connectivity index (χ1v) is 5.53. The normalized spacial score (nSPS) is 10.2. The summed E-state index contributed by atoms with van der Waals surface area (Å²) in [7, 11) is 0. The van der Waals surface area contributed by atoms with E-state index in [1.54, 1.807) is 11.5 Å². The van der Waals surface area contributed by atoms with Gasteiger partial charge >= 0.3 is 5.82 Å². The number of nitro groups is 1. The fraction of sp³-hybridized carbons (Fsp3) is 0.545. The lowest BCUT2D eigenvalue weighted by Crippen LogP contribution is -2.03. The lowest BCUT2D eigenvalue weighted by atomic mass is 10.3. The first-order chi connectivity index (χ1) is 8.06. The first kappa shape index (κ1) is 13.2. The third-order valence-electron chi connectivity index (χ3n) is 2.36. The Bertz CT molecular complexity index is 412. The largest absolute Gasteiger partial charge is 0.499 e. The van der Waals surface area contributed by atoms with Crippen molar-refractivity contribution in [3.8, 4) is 0 Å². The maximum absolute atomic E-state index is 10.8. The lowest BCUT2D eigenvalue weighted by Gasteiger charge is -2.05. The van der Waals surface area contributed by atoms with Gasteiger partial charge in [0.1, 0.15) is 5.69 Å². The molecule has 6 nitrogen and oxygen atoms in total. The summed E-state index contributed by atoms with van der Waals surface area (Å²) in [6, 6.07) is 0. The average Bonchev–Trinajstić information content (AvgIpc) is 2.60. The maximum Gasteiger partial charge on any atom is 0.345 e. The van der Waals surface area contributed by atoms with Gasteiger partial charge in [-0.1, -0.05) is 6.58 Å². The topological polar surface area (TPSA) is 70.2 Å². The molecule has 0 N–H and O–H groups in total. The van der Waals surface area contributed by atoms with Crippen LogP contribution in [0.1, 0.15) is 25.5 Å². The van der Waals surface area contributed by atoms with E-state index < -0.39 is 4.92 Å². The van der Waals surface area contributed by atoms with Crippen molar-refractivity contribution in [2.45, 2.75) is 33.2 Å². The molecular formula is C11H17N3O3. The molecule has 0 unspecified atom stereocenters. The third kappa shape index (κ3) is 3.58. The zero-order valence-electron chi connectivity index (χ0n) is 10.2. The second-order valence-corrected chi connectivity index (χ2v) is 3.68. The van der Waals surface area contributed by atoms with Crippen LogP contribution in [0.15, 0.2) is 18.7 Å². The van der Waals surface area contributed by atoms with E-state index in [1.807, 2.05) is 6.92 Å². The standard InChI is InChI=1S/C11H17N3O3/c1-4-17-9(2)6-5-7-13-8-12-10(3)11(13)14(15)16/h8H,2,4-7H2,1,3H3. The van der Waals surface area contributed by atoms with Crippen molar-refractivity contribution in [3.05, 3.63) is 34.5 Å². The molecule has 0 aliphatic carbocycles. The van der Waals surface area contributed by atoms with E-state index in [1.165, 1.54) is 6.33 Å². The van der Waals surface area contributed by atoms with Gasteiger partial charge in [-0.3, -0.25) is 0 Å². The van der Waals surface area contributed by atoms with Crippen molar-refractivity contribution in [1.82, 2.24) is 9.55 Å². The summed E-state index contributed by atoms with van der Waals surface area (Å²) < 4.78 is 6.76. The number of rotatable bonds is 7. The summed E-state index contributed by atoms with van der Waals surface area (Å²) in [6.45, 7) is 8.43. The van der Waals surface area contributed by atoms with Crippen LogP contribution < -0.4 is 0 Å². The van der Waals surface area contributed by atoms with Gasteiger partial charge in [0.2, 0.25) is 0 Å². The van der Waals surface area contributed by atoms with Crippen LogP contribution in [0.25, 0.3) is 0 Å². The summed E-state index contributed by atoms with van der Waals surface area (Å²) in [5.41, 5.74) is 0.443. The van der Waals surface area contributed by atoms with Crippen LogP contribution in [0.2, 0.25) is 0 Å². The van der Waals surface area contributed by atoms with Crippen LogP contribution in [0.4, 0.5) is 5.82 Å². The Balaban J connectivity index is 2.52. The first-order valence-electron chi connectivity index (χ1n) is 5.53. The van der Waals surface area contributed by atoms with Gasteiger partial charge in [0.15, 0.2) is 6.33 Å². The van der Waals surface area contributed by atoms with Crippen molar-refractivity contribution in [2.75, 3.05) is 6.61 Å². The molecule has 0 saturated carbocycles. The molecule has 17 heavy (non-hydrogen) atoms. The van der Waals surface area contributed by atoms with E-state index in [0.717, 1.165) is 6.42 Å². The summed E-state index contributed by atoms with van der Waals surface area (Å²) in [6.07, 6.45) is 2.94. The van der Waals surface area contributed by atoms with Gasteiger partial charge in [-0.2, -0.15) is 0 Å². The zero-order chi connectivity index (χ0) is 12.8. The van der Waals surface area contributed by atoms with Gasteiger partial charge in [-0.05, 0) is 25.2 Å². The van der Waals surface area contributed by atoms with E-state index in [2.05, 4.69) is 11.6 Å². The molecule has 0 aliphatic rings. The van der Waals surface area contributed by atoms with Crippen molar-refractivity contribution in [1.29, 1.82) is 0 Å². The van der Waals surface area contributed by atoms with E-state index in [0.29, 0.717) is 31.0 Å². The Morgan fingerprint density at radius 3 is 3.00 bits per heavy atom. The van der Waals surface area contributed by atoms with Crippen molar-refractivity contribution in [2.24, 2.45) is 0 Å². The highest BCUT2D eigenvalue weighted by Crippen LogP contribution is 2.17. The molecule has 0 radical (unpaired) electrons. The minimum Gasteiger partial charge on any atom is -0.499 e. The minimum atomic E-state index is -0.403. The molecule has 1 aromatic rings. The number of aryl methyl sites for hydroxylation is 2. The highest BCUT2D eigenvalue weighted by Gasteiger charge is 2.17. The Labute approximate surface area is 100 Å². The summed E-state index contributed by atoms with van der Waals surface area (Å²) in [5, 5.41) is 10.8. The predicted octanol–water partition coefficient (Wildman–Crippen LogP) is 2.43. The minimum absolute atomic E-state index is 0.0621. The number of nitrogens with zero attached hydrogens (tertiary/aromatic N) is 3. The number of hydrogen-bond acceptors (Lipinski definition) is 4. The quantitative estimate of drug-likeness (QED) is 0.416. The molecule has 0 aliphatic heterocycles. The molecule has 0 saturated heterocycles. The predicted molar refractivity (Wildman–Crippen MR) is 63.6 cm³/mol. The summed E-state index contributed by atoms with van der Waals surface area (Å²) in [5.74, 6) is 0.777. The molecular weight excluding hydrogens is 222 g/mol. The molecule has 0 amide bonds. The van der Waals surface area contributed by atoms with Gasteiger partial charge in [-0.25, -0.2) is 9.55 Å². The van der Waals surface area contributed by atoms with E-state index in [4.69, 9.17) is 4.74 Å². The van der Waals surface area contributed by atoms with E-state index in [9.17, 15) is 10.1 Å². The highest BCUT2D eigenvalue weighted by atomic mass is 16.6. The molecule has 1 heterocycles. The van der Waals surface area contributed by atoms with Crippen molar-refractivity contribution in [3.63, 3.8) is 0 Å². The van der Waals surface area contributed by atoms with E-state index >= 15 is 0 Å². The van der Waals surface area contributed by atoms with Crippen LogP contribution >= 0.6 is 0 Å². The van der Waals surface area contributed by atoms with Gasteiger partial charge in [-0.15, -0.1) is 0 Å². The second-order valence-electron chi connectivity index (χ2n) is 3.68. The van der Waals surface area contributed by atoms with Crippen LogP contribution in [-0.4, -0.2) is 21.1 Å². The average molecular weight is 239 g/mol. The summed E-state index contributed by atoms with van der Waals surface area (Å²) >= 11 is 0. The van der Waals surface area contributed by atoms with Crippen LogP contribution in [0, 0.1) is 17.0 Å². The molecule has 0 aromatic carbocycles. The summed E-state index contributed by atoms with van der Waals surface area (Å²) in [4.78, 5) is 14.3.